The average molecular weight is 293 g/mol. The van der Waals surface area contributed by atoms with Crippen molar-refractivity contribution in [3.8, 4) is 0 Å². The molecule has 0 spiro atoms. The van der Waals surface area contributed by atoms with E-state index in [1.807, 2.05) is 13.0 Å². The molecule has 4 N–H and O–H groups in total. The Bertz CT molecular complexity index is 354. The Morgan fingerprint density at radius 2 is 2.40 bits per heavy atom. The Kier molecular flexibility index (Phi) is 4.72. The van der Waals surface area contributed by atoms with Crippen molar-refractivity contribution in [2.24, 2.45) is 11.5 Å². The van der Waals surface area contributed by atoms with Crippen LogP contribution in [0.4, 0.5) is 0 Å². The Hall–Kier alpha value is -0.430. The van der Waals surface area contributed by atoms with E-state index in [9.17, 15) is 4.79 Å². The van der Waals surface area contributed by atoms with Gasteiger partial charge in [-0.1, -0.05) is 0 Å². The predicted molar refractivity (Wildman–Crippen MR) is 63.7 cm³/mol. The van der Waals surface area contributed by atoms with E-state index in [0.717, 1.165) is 9.35 Å². The molecule has 0 aliphatic carbocycles. The highest BCUT2D eigenvalue weighted by molar-refractivity contribution is 9.10. The van der Waals surface area contributed by atoms with Crippen LogP contribution in [0, 0.1) is 6.92 Å². The van der Waals surface area contributed by atoms with Gasteiger partial charge >= 0.3 is 0 Å². The monoisotopic (exact) mass is 292 g/mol. The van der Waals surface area contributed by atoms with Crippen LogP contribution in [-0.2, 0) is 9.53 Å². The van der Waals surface area contributed by atoms with Gasteiger partial charge in [0.05, 0.1) is 12.6 Å². The number of thiophene rings is 1. The second-order valence-electron chi connectivity index (χ2n) is 3.16. The first-order chi connectivity index (χ1) is 7.00. The minimum absolute atomic E-state index is 0.0876. The summed E-state index contributed by atoms with van der Waals surface area (Å²) < 4.78 is 6.05. The van der Waals surface area contributed by atoms with Gasteiger partial charge in [0.1, 0.15) is 6.61 Å². The summed E-state index contributed by atoms with van der Waals surface area (Å²) in [6.45, 7) is 2.22. The molecule has 0 aliphatic rings. The molecule has 0 bridgehead atoms. The second-order valence-corrected chi connectivity index (χ2v) is 5.30. The van der Waals surface area contributed by atoms with Crippen LogP contribution in [0.3, 0.4) is 0 Å². The predicted octanol–water partition coefficient (Wildman–Crippen LogP) is 1.32. The molecule has 84 valence electrons. The maximum absolute atomic E-state index is 10.4. The Labute approximate surface area is 101 Å². The lowest BCUT2D eigenvalue weighted by Crippen LogP contribution is -2.23. The Morgan fingerprint density at radius 3 is 2.87 bits per heavy atom. The number of rotatable bonds is 5. The molecule has 6 heteroatoms. The summed E-state index contributed by atoms with van der Waals surface area (Å²) in [6.07, 6.45) is 0. The summed E-state index contributed by atoms with van der Waals surface area (Å²) in [6, 6.07) is 1.78. The van der Waals surface area contributed by atoms with Gasteiger partial charge in [0.15, 0.2) is 0 Å². The van der Waals surface area contributed by atoms with Crippen LogP contribution in [0.1, 0.15) is 15.8 Å². The fourth-order valence-electron chi connectivity index (χ4n) is 1.12. The van der Waals surface area contributed by atoms with Gasteiger partial charge < -0.3 is 16.2 Å². The average Bonchev–Trinajstić information content (AvgIpc) is 2.44. The third kappa shape index (κ3) is 3.90. The highest BCUT2D eigenvalue weighted by Crippen LogP contribution is 2.31. The summed E-state index contributed by atoms with van der Waals surface area (Å²) in [5, 5.41) is 0. The molecule has 0 fully saturated rings. The van der Waals surface area contributed by atoms with E-state index in [2.05, 4.69) is 15.9 Å². The van der Waals surface area contributed by atoms with Crippen molar-refractivity contribution < 1.29 is 9.53 Å². The van der Waals surface area contributed by atoms with Gasteiger partial charge in [-0.25, -0.2) is 0 Å². The van der Waals surface area contributed by atoms with Gasteiger partial charge in [-0.05, 0) is 28.9 Å². The van der Waals surface area contributed by atoms with Gasteiger partial charge in [-0.3, -0.25) is 4.79 Å². The van der Waals surface area contributed by atoms with Crippen LogP contribution in [0.25, 0.3) is 0 Å². The van der Waals surface area contributed by atoms with E-state index in [4.69, 9.17) is 16.2 Å². The first-order valence-corrected chi connectivity index (χ1v) is 5.99. The fraction of sp³-hybridized carbons (Fsp3) is 0.444. The molecule has 0 radical (unpaired) electrons. The first-order valence-electron chi connectivity index (χ1n) is 4.38. The number of carbonyl (C=O) groups is 1. The fourth-order valence-corrected chi connectivity index (χ4v) is 3.05. The van der Waals surface area contributed by atoms with Gasteiger partial charge in [-0.2, -0.15) is 0 Å². The largest absolute Gasteiger partial charge is 0.370 e. The number of primary amides is 1. The van der Waals surface area contributed by atoms with Crippen molar-refractivity contribution in [3.05, 3.63) is 20.3 Å². The van der Waals surface area contributed by atoms with E-state index in [0.29, 0.717) is 6.61 Å². The Morgan fingerprint density at radius 1 is 1.73 bits per heavy atom. The highest BCUT2D eigenvalue weighted by Gasteiger charge is 2.13. The molecule has 1 unspecified atom stereocenters. The minimum Gasteiger partial charge on any atom is -0.370 e. The Balaban J connectivity index is 2.50. The molecular weight excluding hydrogens is 280 g/mol. The maximum atomic E-state index is 10.4. The summed E-state index contributed by atoms with van der Waals surface area (Å²) >= 11 is 5.04. The summed E-state index contributed by atoms with van der Waals surface area (Å²) in [7, 11) is 0. The summed E-state index contributed by atoms with van der Waals surface area (Å²) in [5.74, 6) is -0.483. The molecule has 1 atom stereocenters. The topological polar surface area (TPSA) is 78.3 Å². The minimum atomic E-state index is -0.483. The standard InChI is InChI=1S/C9H13BrN2O2S/c1-5-2-6(10)9(15-5)7(11)3-14-4-8(12)13/h2,7H,3-4,11H2,1H3,(H2,12,13). The number of aryl methyl sites for hydroxylation is 1. The molecule has 1 heterocycles. The quantitative estimate of drug-likeness (QED) is 0.859. The number of ether oxygens (including phenoxy) is 1. The molecule has 1 rings (SSSR count). The van der Waals surface area contributed by atoms with E-state index >= 15 is 0 Å². The SMILES string of the molecule is Cc1cc(Br)c(C(N)COCC(N)=O)s1. The summed E-state index contributed by atoms with van der Waals surface area (Å²) in [4.78, 5) is 12.6. The normalized spacial score (nSPS) is 12.7. The summed E-state index contributed by atoms with van der Waals surface area (Å²) in [5.41, 5.74) is 10.8. The lowest BCUT2D eigenvalue weighted by molar-refractivity contribution is -0.122. The van der Waals surface area contributed by atoms with Crippen LogP contribution in [0.2, 0.25) is 0 Å². The van der Waals surface area contributed by atoms with Crippen LogP contribution in [-0.4, -0.2) is 19.1 Å². The molecule has 4 nitrogen and oxygen atoms in total. The van der Waals surface area contributed by atoms with Crippen LogP contribution in [0.15, 0.2) is 10.5 Å². The first kappa shape index (κ1) is 12.6. The van der Waals surface area contributed by atoms with Crippen molar-refractivity contribution in [1.29, 1.82) is 0 Å². The van der Waals surface area contributed by atoms with Crippen molar-refractivity contribution >= 4 is 33.2 Å². The third-order valence-corrected chi connectivity index (χ3v) is 3.82. The van der Waals surface area contributed by atoms with Crippen molar-refractivity contribution in [3.63, 3.8) is 0 Å². The lowest BCUT2D eigenvalue weighted by atomic mass is 10.3. The molecule has 0 saturated heterocycles. The zero-order valence-electron chi connectivity index (χ0n) is 8.33. The zero-order valence-corrected chi connectivity index (χ0v) is 10.7. The van der Waals surface area contributed by atoms with E-state index in [1.165, 1.54) is 4.88 Å². The van der Waals surface area contributed by atoms with Crippen molar-refractivity contribution in [2.75, 3.05) is 13.2 Å². The van der Waals surface area contributed by atoms with E-state index in [1.54, 1.807) is 11.3 Å². The van der Waals surface area contributed by atoms with Gasteiger partial charge in [0, 0.05) is 14.2 Å². The molecule has 0 aliphatic heterocycles. The highest BCUT2D eigenvalue weighted by atomic mass is 79.9. The molecule has 0 saturated carbocycles. The number of hydrogen-bond donors (Lipinski definition) is 2. The van der Waals surface area contributed by atoms with Gasteiger partial charge in [0.2, 0.25) is 5.91 Å². The third-order valence-electron chi connectivity index (χ3n) is 1.71. The molecule has 1 aromatic heterocycles. The number of halogens is 1. The smallest absolute Gasteiger partial charge is 0.243 e. The van der Waals surface area contributed by atoms with Gasteiger partial charge in [-0.15, -0.1) is 11.3 Å². The van der Waals surface area contributed by atoms with Crippen molar-refractivity contribution in [2.45, 2.75) is 13.0 Å². The zero-order chi connectivity index (χ0) is 11.4. The van der Waals surface area contributed by atoms with Crippen LogP contribution in [0.5, 0.6) is 0 Å². The maximum Gasteiger partial charge on any atom is 0.243 e. The van der Waals surface area contributed by atoms with E-state index < -0.39 is 5.91 Å². The molecule has 0 aromatic carbocycles. The van der Waals surface area contributed by atoms with Gasteiger partial charge in [0.25, 0.3) is 0 Å². The number of hydrogen-bond acceptors (Lipinski definition) is 4. The lowest BCUT2D eigenvalue weighted by Gasteiger charge is -2.10. The number of amides is 1. The second kappa shape index (κ2) is 5.60. The van der Waals surface area contributed by atoms with Crippen LogP contribution < -0.4 is 11.5 Å². The van der Waals surface area contributed by atoms with Crippen LogP contribution >= 0.6 is 27.3 Å². The number of nitrogens with two attached hydrogens (primary N) is 2. The molecule has 15 heavy (non-hydrogen) atoms. The van der Waals surface area contributed by atoms with Crippen molar-refractivity contribution in [1.82, 2.24) is 0 Å². The molecule has 1 aromatic rings. The number of carbonyl (C=O) groups excluding carboxylic acids is 1. The van der Waals surface area contributed by atoms with E-state index in [-0.39, 0.29) is 12.6 Å². The molecular formula is C9H13BrN2O2S. The molecule has 1 amide bonds.